The van der Waals surface area contributed by atoms with Crippen LogP contribution in [0.5, 0.6) is 11.5 Å². The van der Waals surface area contributed by atoms with Gasteiger partial charge in [0.2, 0.25) is 6.79 Å². The number of anilines is 2. The maximum absolute atomic E-state index is 13.2. The smallest absolute Gasteiger partial charge is 0.327 e. The highest BCUT2D eigenvalue weighted by Gasteiger charge is 2.31. The van der Waals surface area contributed by atoms with Gasteiger partial charge < -0.3 is 14.8 Å². The van der Waals surface area contributed by atoms with Gasteiger partial charge in [0.15, 0.2) is 11.5 Å². The van der Waals surface area contributed by atoms with E-state index in [0.29, 0.717) is 23.7 Å². The van der Waals surface area contributed by atoms with E-state index < -0.39 is 0 Å². The summed E-state index contributed by atoms with van der Waals surface area (Å²) in [4.78, 5) is 14.9. The number of benzene rings is 2. The normalized spacial score (nSPS) is 14.4. The third-order valence-electron chi connectivity index (χ3n) is 5.15. The largest absolute Gasteiger partial charge is 0.454 e. The summed E-state index contributed by atoms with van der Waals surface area (Å²) in [5.41, 5.74) is 3.51. The maximum atomic E-state index is 13.2. The first-order chi connectivity index (χ1) is 13.9. The zero-order valence-electron chi connectivity index (χ0n) is 16.6. The fourth-order valence-corrected chi connectivity index (χ4v) is 3.55. The molecule has 5 rings (SSSR count). The SMILES string of the molecule is CC(C)(C)c1cc2n(n1)-c1ccccc1CN2C(=O)Nc1ccc2c(c1)OCO2. The van der Waals surface area contributed by atoms with Crippen LogP contribution in [0.25, 0.3) is 5.69 Å². The number of rotatable bonds is 1. The van der Waals surface area contributed by atoms with Crippen LogP contribution < -0.4 is 19.7 Å². The van der Waals surface area contributed by atoms with E-state index in [1.807, 2.05) is 35.0 Å². The fraction of sp³-hybridized carbons (Fsp3) is 0.273. The number of carbonyl (C=O) groups is 1. The molecule has 0 aliphatic carbocycles. The van der Waals surface area contributed by atoms with Crippen LogP contribution in [0.3, 0.4) is 0 Å². The molecule has 7 nitrogen and oxygen atoms in total. The summed E-state index contributed by atoms with van der Waals surface area (Å²) < 4.78 is 12.6. The minimum atomic E-state index is -0.222. The lowest BCUT2D eigenvalue weighted by atomic mass is 9.92. The molecule has 1 N–H and O–H groups in total. The van der Waals surface area contributed by atoms with Gasteiger partial charge in [0.05, 0.1) is 17.9 Å². The van der Waals surface area contributed by atoms with Crippen LogP contribution in [0.15, 0.2) is 48.5 Å². The summed E-state index contributed by atoms with van der Waals surface area (Å²) >= 11 is 0. The first-order valence-electron chi connectivity index (χ1n) is 9.57. The first kappa shape index (κ1) is 17.6. The Bertz CT molecular complexity index is 1110. The monoisotopic (exact) mass is 390 g/mol. The van der Waals surface area contributed by atoms with E-state index in [9.17, 15) is 4.79 Å². The third kappa shape index (κ3) is 2.99. The molecule has 3 heterocycles. The molecule has 1 aromatic heterocycles. The highest BCUT2D eigenvalue weighted by molar-refractivity contribution is 6.02. The Labute approximate surface area is 168 Å². The van der Waals surface area contributed by atoms with Crippen LogP contribution in [-0.4, -0.2) is 22.6 Å². The van der Waals surface area contributed by atoms with Gasteiger partial charge in [-0.25, -0.2) is 9.48 Å². The number of ether oxygens (including phenoxy) is 2. The van der Waals surface area contributed by atoms with E-state index >= 15 is 0 Å². The van der Waals surface area contributed by atoms with Crippen molar-refractivity contribution < 1.29 is 14.3 Å². The Kier molecular flexibility index (Phi) is 3.81. The Morgan fingerprint density at radius 3 is 2.69 bits per heavy atom. The Morgan fingerprint density at radius 2 is 1.86 bits per heavy atom. The van der Waals surface area contributed by atoms with Gasteiger partial charge >= 0.3 is 6.03 Å². The number of carbonyl (C=O) groups excluding carboxylic acids is 1. The van der Waals surface area contributed by atoms with Crippen molar-refractivity contribution in [2.75, 3.05) is 17.0 Å². The van der Waals surface area contributed by atoms with Crippen LogP contribution in [0.2, 0.25) is 0 Å². The van der Waals surface area contributed by atoms with Gasteiger partial charge in [-0.15, -0.1) is 0 Å². The molecular formula is C22H22N4O3. The number of urea groups is 1. The van der Waals surface area contributed by atoms with E-state index in [4.69, 9.17) is 14.6 Å². The number of hydrogen-bond acceptors (Lipinski definition) is 4. The van der Waals surface area contributed by atoms with Gasteiger partial charge in [0.1, 0.15) is 5.82 Å². The Hall–Kier alpha value is -3.48. The fourth-order valence-electron chi connectivity index (χ4n) is 3.55. The predicted molar refractivity (Wildman–Crippen MR) is 110 cm³/mol. The molecule has 148 valence electrons. The lowest BCUT2D eigenvalue weighted by molar-refractivity contribution is 0.174. The molecule has 0 saturated heterocycles. The predicted octanol–water partition coefficient (Wildman–Crippen LogP) is 4.45. The van der Waals surface area contributed by atoms with Crippen LogP contribution in [-0.2, 0) is 12.0 Å². The van der Waals surface area contributed by atoms with Crippen LogP contribution in [0.4, 0.5) is 16.3 Å². The second kappa shape index (κ2) is 6.27. The second-order valence-corrected chi connectivity index (χ2v) is 8.26. The average molecular weight is 390 g/mol. The molecule has 0 fully saturated rings. The van der Waals surface area contributed by atoms with Crippen LogP contribution in [0.1, 0.15) is 32.0 Å². The highest BCUT2D eigenvalue weighted by Crippen LogP contribution is 2.36. The van der Waals surface area contributed by atoms with Crippen molar-refractivity contribution in [1.82, 2.24) is 9.78 Å². The van der Waals surface area contributed by atoms with Gasteiger partial charge in [-0.3, -0.25) is 4.90 Å². The number of nitrogens with one attached hydrogen (secondary N) is 1. The van der Waals surface area contributed by atoms with Gasteiger partial charge in [-0.05, 0) is 23.8 Å². The maximum Gasteiger partial charge on any atom is 0.327 e. The van der Waals surface area contributed by atoms with E-state index in [1.54, 1.807) is 23.1 Å². The van der Waals surface area contributed by atoms with Crippen molar-refractivity contribution in [3.05, 3.63) is 59.8 Å². The molecule has 3 aromatic rings. The number of amides is 2. The molecule has 2 aromatic carbocycles. The van der Waals surface area contributed by atoms with Gasteiger partial charge in [0.25, 0.3) is 0 Å². The summed E-state index contributed by atoms with van der Waals surface area (Å²) in [6, 6.07) is 15.2. The van der Waals surface area contributed by atoms with E-state index in [0.717, 1.165) is 22.8 Å². The molecule has 0 unspecified atom stereocenters. The van der Waals surface area contributed by atoms with E-state index in [-0.39, 0.29) is 18.2 Å². The summed E-state index contributed by atoms with van der Waals surface area (Å²) in [5, 5.41) is 7.78. The lowest BCUT2D eigenvalue weighted by Crippen LogP contribution is -2.38. The van der Waals surface area contributed by atoms with Crippen LogP contribution in [0, 0.1) is 0 Å². The molecule has 0 atom stereocenters. The Balaban J connectivity index is 1.51. The van der Waals surface area contributed by atoms with Gasteiger partial charge in [-0.1, -0.05) is 39.0 Å². The van der Waals surface area contributed by atoms with Crippen molar-refractivity contribution in [2.45, 2.75) is 32.7 Å². The molecule has 2 aliphatic heterocycles. The summed E-state index contributed by atoms with van der Waals surface area (Å²) in [6.07, 6.45) is 0. The molecule has 0 bridgehead atoms. The molecule has 7 heteroatoms. The summed E-state index contributed by atoms with van der Waals surface area (Å²) in [6.45, 7) is 7.02. The zero-order valence-corrected chi connectivity index (χ0v) is 16.6. The zero-order chi connectivity index (χ0) is 20.2. The van der Waals surface area contributed by atoms with Crippen LogP contribution >= 0.6 is 0 Å². The van der Waals surface area contributed by atoms with Gasteiger partial charge in [-0.2, -0.15) is 5.10 Å². The Morgan fingerprint density at radius 1 is 1.07 bits per heavy atom. The summed E-state index contributed by atoms with van der Waals surface area (Å²) in [5.74, 6) is 2.07. The average Bonchev–Trinajstić information content (AvgIpc) is 3.34. The quantitative estimate of drug-likeness (QED) is 0.666. The van der Waals surface area contributed by atoms with Gasteiger partial charge in [0, 0.05) is 23.2 Å². The van der Waals surface area contributed by atoms with Crippen molar-refractivity contribution >= 4 is 17.5 Å². The highest BCUT2D eigenvalue weighted by atomic mass is 16.7. The molecule has 29 heavy (non-hydrogen) atoms. The van der Waals surface area contributed by atoms with Crippen molar-refractivity contribution in [3.8, 4) is 17.2 Å². The molecule has 2 aliphatic rings. The summed E-state index contributed by atoms with van der Waals surface area (Å²) in [7, 11) is 0. The topological polar surface area (TPSA) is 68.6 Å². The second-order valence-electron chi connectivity index (χ2n) is 8.26. The molecule has 0 saturated carbocycles. The lowest BCUT2D eigenvalue weighted by Gasteiger charge is -2.29. The third-order valence-corrected chi connectivity index (χ3v) is 5.15. The number of para-hydroxylation sites is 1. The van der Waals surface area contributed by atoms with E-state index in [2.05, 4.69) is 26.1 Å². The minimum absolute atomic E-state index is 0.126. The number of hydrogen-bond donors (Lipinski definition) is 1. The number of fused-ring (bicyclic) bond motifs is 4. The van der Waals surface area contributed by atoms with Crippen molar-refractivity contribution in [3.63, 3.8) is 0 Å². The minimum Gasteiger partial charge on any atom is -0.454 e. The van der Waals surface area contributed by atoms with Crippen molar-refractivity contribution in [2.24, 2.45) is 0 Å². The standard InChI is InChI=1S/C22H22N4O3/c1-22(2,3)19-11-20-25(12-14-6-4-5-7-16(14)26(20)24-19)21(27)23-15-8-9-17-18(10-15)29-13-28-17/h4-11H,12-13H2,1-3H3,(H,23,27). The van der Waals surface area contributed by atoms with Crippen molar-refractivity contribution in [1.29, 1.82) is 0 Å². The molecule has 0 spiro atoms. The first-order valence-corrected chi connectivity index (χ1v) is 9.57. The number of nitrogens with zero attached hydrogens (tertiary/aromatic N) is 3. The molecule has 2 amide bonds. The molecule has 0 radical (unpaired) electrons. The number of aromatic nitrogens is 2. The van der Waals surface area contributed by atoms with E-state index in [1.165, 1.54) is 0 Å². The molecular weight excluding hydrogens is 368 g/mol.